The summed E-state index contributed by atoms with van der Waals surface area (Å²) in [5, 5.41) is 2.81. The van der Waals surface area contributed by atoms with Crippen LogP contribution in [0, 0.1) is 0 Å². The van der Waals surface area contributed by atoms with E-state index in [0.717, 1.165) is 19.4 Å². The Bertz CT molecular complexity index is 138. The van der Waals surface area contributed by atoms with Gasteiger partial charge in [-0.15, -0.1) is 0 Å². The Morgan fingerprint density at radius 3 is 2.50 bits per heavy atom. The summed E-state index contributed by atoms with van der Waals surface area (Å²) in [5.74, 6) is 0.107. The molecular weight excluding hydrogens is 152 g/mol. The van der Waals surface area contributed by atoms with E-state index in [9.17, 15) is 4.79 Å². The Morgan fingerprint density at radius 1 is 1.50 bits per heavy atom. The van der Waals surface area contributed by atoms with E-state index in [1.165, 1.54) is 0 Å². The average Bonchev–Trinajstić information content (AvgIpc) is 1.95. The highest BCUT2D eigenvalue weighted by Gasteiger charge is 2.12. The van der Waals surface area contributed by atoms with Crippen LogP contribution in [0.1, 0.15) is 40.0 Å². The summed E-state index contributed by atoms with van der Waals surface area (Å²) in [6.45, 7) is 6.66. The molecule has 0 saturated carbocycles. The molecule has 12 heavy (non-hydrogen) atoms. The Labute approximate surface area is 74.7 Å². The van der Waals surface area contributed by atoms with Crippen LogP contribution in [-0.4, -0.2) is 18.0 Å². The first-order valence-electron chi connectivity index (χ1n) is 4.51. The van der Waals surface area contributed by atoms with Gasteiger partial charge in [-0.1, -0.05) is 6.92 Å². The first-order chi connectivity index (χ1) is 5.45. The summed E-state index contributed by atoms with van der Waals surface area (Å²) in [4.78, 5) is 11.1. The van der Waals surface area contributed by atoms with Crippen molar-refractivity contribution >= 4 is 5.91 Å². The summed E-state index contributed by atoms with van der Waals surface area (Å²) in [5.41, 5.74) is 5.50. The summed E-state index contributed by atoms with van der Waals surface area (Å²) in [6, 6.07) is 0. The largest absolute Gasteiger partial charge is 0.356 e. The van der Waals surface area contributed by atoms with Gasteiger partial charge in [0, 0.05) is 18.5 Å². The summed E-state index contributed by atoms with van der Waals surface area (Å²) < 4.78 is 0. The number of nitrogens with one attached hydrogen (secondary N) is 1. The highest BCUT2D eigenvalue weighted by atomic mass is 16.1. The van der Waals surface area contributed by atoms with Crippen molar-refractivity contribution in [3.63, 3.8) is 0 Å². The van der Waals surface area contributed by atoms with E-state index in [0.29, 0.717) is 6.42 Å². The standard InChI is InChI=1S/C9H20N2O/c1-4-7-11-8(12)5-6-9(2,3)10/h4-7,10H2,1-3H3,(H,11,12). The molecule has 0 aliphatic heterocycles. The molecule has 0 bridgehead atoms. The van der Waals surface area contributed by atoms with E-state index in [1.807, 2.05) is 20.8 Å². The van der Waals surface area contributed by atoms with Gasteiger partial charge in [-0.25, -0.2) is 0 Å². The number of hydrogen-bond donors (Lipinski definition) is 2. The normalized spacial score (nSPS) is 11.3. The highest BCUT2D eigenvalue weighted by molar-refractivity contribution is 5.75. The fraction of sp³-hybridized carbons (Fsp3) is 0.889. The third-order valence-corrected chi connectivity index (χ3v) is 1.57. The molecule has 0 rings (SSSR count). The Kier molecular flexibility index (Phi) is 4.90. The number of nitrogens with two attached hydrogens (primary N) is 1. The lowest BCUT2D eigenvalue weighted by atomic mass is 10.00. The maximum absolute atomic E-state index is 11.1. The van der Waals surface area contributed by atoms with Gasteiger partial charge < -0.3 is 11.1 Å². The smallest absolute Gasteiger partial charge is 0.220 e. The molecule has 0 aromatic heterocycles. The second kappa shape index (κ2) is 5.14. The van der Waals surface area contributed by atoms with Crippen molar-refractivity contribution in [3.8, 4) is 0 Å². The third-order valence-electron chi connectivity index (χ3n) is 1.57. The number of hydrogen-bond acceptors (Lipinski definition) is 2. The van der Waals surface area contributed by atoms with E-state index in [2.05, 4.69) is 5.32 Å². The molecule has 0 aromatic rings. The van der Waals surface area contributed by atoms with E-state index >= 15 is 0 Å². The van der Waals surface area contributed by atoms with Crippen molar-refractivity contribution in [2.45, 2.75) is 45.6 Å². The summed E-state index contributed by atoms with van der Waals surface area (Å²) >= 11 is 0. The third kappa shape index (κ3) is 7.54. The Hall–Kier alpha value is -0.570. The molecule has 3 N–H and O–H groups in total. The lowest BCUT2D eigenvalue weighted by Gasteiger charge is -2.17. The van der Waals surface area contributed by atoms with E-state index in [4.69, 9.17) is 5.73 Å². The van der Waals surface area contributed by atoms with E-state index in [1.54, 1.807) is 0 Å². The molecule has 3 nitrogen and oxygen atoms in total. The molecule has 3 heteroatoms. The molecule has 72 valence electrons. The van der Waals surface area contributed by atoms with Gasteiger partial charge in [0.25, 0.3) is 0 Å². The monoisotopic (exact) mass is 172 g/mol. The summed E-state index contributed by atoms with van der Waals surface area (Å²) in [7, 11) is 0. The zero-order valence-electron chi connectivity index (χ0n) is 8.31. The van der Waals surface area contributed by atoms with Crippen LogP contribution in [0.5, 0.6) is 0 Å². The maximum Gasteiger partial charge on any atom is 0.220 e. The van der Waals surface area contributed by atoms with Crippen LogP contribution < -0.4 is 11.1 Å². The molecule has 0 unspecified atom stereocenters. The van der Waals surface area contributed by atoms with Gasteiger partial charge in [0.15, 0.2) is 0 Å². The molecule has 0 aliphatic carbocycles. The van der Waals surface area contributed by atoms with Crippen LogP contribution in [0.3, 0.4) is 0 Å². The zero-order chi connectivity index (χ0) is 9.61. The van der Waals surface area contributed by atoms with Gasteiger partial charge in [0.1, 0.15) is 0 Å². The van der Waals surface area contributed by atoms with Crippen LogP contribution in [0.4, 0.5) is 0 Å². The highest BCUT2D eigenvalue weighted by Crippen LogP contribution is 2.06. The minimum atomic E-state index is -0.233. The quantitative estimate of drug-likeness (QED) is 0.650. The van der Waals surface area contributed by atoms with Crippen molar-refractivity contribution in [1.29, 1.82) is 0 Å². The molecular formula is C9H20N2O. The molecule has 0 aromatic carbocycles. The second-order valence-electron chi connectivity index (χ2n) is 3.84. The van der Waals surface area contributed by atoms with E-state index in [-0.39, 0.29) is 11.4 Å². The first-order valence-corrected chi connectivity index (χ1v) is 4.51. The van der Waals surface area contributed by atoms with Crippen molar-refractivity contribution in [2.75, 3.05) is 6.54 Å². The molecule has 0 radical (unpaired) electrons. The lowest BCUT2D eigenvalue weighted by Crippen LogP contribution is -2.34. The molecule has 0 heterocycles. The van der Waals surface area contributed by atoms with E-state index < -0.39 is 0 Å². The molecule has 0 fully saturated rings. The van der Waals surface area contributed by atoms with Crippen LogP contribution in [0.15, 0.2) is 0 Å². The minimum absolute atomic E-state index is 0.107. The number of carbonyl (C=O) groups is 1. The fourth-order valence-electron chi connectivity index (χ4n) is 0.789. The van der Waals surface area contributed by atoms with Crippen LogP contribution >= 0.6 is 0 Å². The van der Waals surface area contributed by atoms with Crippen molar-refractivity contribution < 1.29 is 4.79 Å². The summed E-state index contributed by atoms with van der Waals surface area (Å²) in [6.07, 6.45) is 2.25. The van der Waals surface area contributed by atoms with Gasteiger partial charge >= 0.3 is 0 Å². The second-order valence-corrected chi connectivity index (χ2v) is 3.84. The molecule has 0 atom stereocenters. The molecule has 0 spiro atoms. The lowest BCUT2D eigenvalue weighted by molar-refractivity contribution is -0.121. The number of carbonyl (C=O) groups excluding carboxylic acids is 1. The first kappa shape index (κ1) is 11.4. The topological polar surface area (TPSA) is 55.1 Å². The Morgan fingerprint density at radius 2 is 2.08 bits per heavy atom. The van der Waals surface area contributed by atoms with Crippen LogP contribution in [0.2, 0.25) is 0 Å². The molecule has 1 amide bonds. The minimum Gasteiger partial charge on any atom is -0.356 e. The predicted octanol–water partition coefficient (Wildman–Crippen LogP) is 1.03. The Balaban J connectivity index is 3.44. The molecule has 0 aliphatic rings. The maximum atomic E-state index is 11.1. The molecule has 0 saturated heterocycles. The average molecular weight is 172 g/mol. The van der Waals surface area contributed by atoms with Gasteiger partial charge in [0.05, 0.1) is 0 Å². The van der Waals surface area contributed by atoms with Crippen molar-refractivity contribution in [1.82, 2.24) is 5.32 Å². The van der Waals surface area contributed by atoms with Crippen molar-refractivity contribution in [2.24, 2.45) is 5.73 Å². The van der Waals surface area contributed by atoms with Gasteiger partial charge in [0.2, 0.25) is 5.91 Å². The predicted molar refractivity (Wildman–Crippen MR) is 50.8 cm³/mol. The van der Waals surface area contributed by atoms with Gasteiger partial charge in [-0.2, -0.15) is 0 Å². The van der Waals surface area contributed by atoms with Crippen LogP contribution in [0.25, 0.3) is 0 Å². The fourth-order valence-corrected chi connectivity index (χ4v) is 0.789. The zero-order valence-corrected chi connectivity index (χ0v) is 8.31. The van der Waals surface area contributed by atoms with Gasteiger partial charge in [-0.05, 0) is 26.7 Å². The van der Waals surface area contributed by atoms with Gasteiger partial charge in [-0.3, -0.25) is 4.79 Å². The van der Waals surface area contributed by atoms with Crippen LogP contribution in [-0.2, 0) is 4.79 Å². The SMILES string of the molecule is CCCNC(=O)CCC(C)(C)N. The van der Waals surface area contributed by atoms with Crippen molar-refractivity contribution in [3.05, 3.63) is 0 Å². The number of amides is 1. The number of rotatable bonds is 5.